The Kier molecular flexibility index (Phi) is 6.20. The van der Waals surface area contributed by atoms with E-state index in [1.54, 1.807) is 41.2 Å². The number of carbonyl (C=O) groups excluding carboxylic acids is 1. The van der Waals surface area contributed by atoms with Crippen molar-refractivity contribution in [3.05, 3.63) is 108 Å². The highest BCUT2D eigenvalue weighted by atomic mass is 19.3. The maximum Gasteiger partial charge on any atom is 0.280 e. The van der Waals surface area contributed by atoms with Crippen molar-refractivity contribution in [1.29, 1.82) is 0 Å². The van der Waals surface area contributed by atoms with Gasteiger partial charge in [-0.2, -0.15) is 10.2 Å². The van der Waals surface area contributed by atoms with Crippen LogP contribution in [0.2, 0.25) is 0 Å². The molecule has 0 saturated heterocycles. The number of anilines is 1. The molecule has 3 heterocycles. The minimum atomic E-state index is -2.84. The van der Waals surface area contributed by atoms with Gasteiger partial charge in [0.15, 0.2) is 11.5 Å². The van der Waals surface area contributed by atoms with Gasteiger partial charge in [-0.05, 0) is 34.5 Å². The van der Waals surface area contributed by atoms with Crippen molar-refractivity contribution in [2.75, 3.05) is 12.4 Å². The quantitative estimate of drug-likeness (QED) is 0.277. The molecule has 3 aromatic heterocycles. The van der Waals surface area contributed by atoms with E-state index in [2.05, 4.69) is 38.7 Å². The molecule has 0 unspecified atom stereocenters. The van der Waals surface area contributed by atoms with Crippen LogP contribution in [0.15, 0.2) is 91.3 Å². The Balaban J connectivity index is 1.30. The smallest absolute Gasteiger partial charge is 0.280 e. The number of methoxy groups -OCH3 is 1. The molecule has 6 aromatic rings. The number of hydrogen-bond donors (Lipinski definition) is 1. The summed E-state index contributed by atoms with van der Waals surface area (Å²) in [5.74, 6) is 0.219. The van der Waals surface area contributed by atoms with Crippen LogP contribution in [0, 0.1) is 0 Å². The predicted octanol–water partition coefficient (Wildman–Crippen LogP) is 5.99. The van der Waals surface area contributed by atoms with Crippen molar-refractivity contribution >= 4 is 28.1 Å². The average Bonchev–Trinajstić information content (AvgIpc) is 3.59. The van der Waals surface area contributed by atoms with Crippen LogP contribution in [0.1, 0.15) is 28.0 Å². The molecule has 0 aliphatic carbocycles. The largest absolute Gasteiger partial charge is 0.496 e. The van der Waals surface area contributed by atoms with E-state index in [1.807, 2.05) is 24.3 Å². The van der Waals surface area contributed by atoms with Crippen LogP contribution < -0.4 is 10.1 Å². The summed E-state index contributed by atoms with van der Waals surface area (Å²) in [6.07, 6.45) is 0.146. The van der Waals surface area contributed by atoms with Gasteiger partial charge in [0.1, 0.15) is 17.0 Å². The van der Waals surface area contributed by atoms with Gasteiger partial charge in [-0.15, -0.1) is 0 Å². The van der Waals surface area contributed by atoms with Gasteiger partial charge >= 0.3 is 0 Å². The second kappa shape index (κ2) is 9.97. The zero-order valence-corrected chi connectivity index (χ0v) is 20.8. The lowest BCUT2D eigenvalue weighted by molar-refractivity contribution is 0.102. The van der Waals surface area contributed by atoms with E-state index in [0.717, 1.165) is 20.9 Å². The highest BCUT2D eigenvalue weighted by Crippen LogP contribution is 2.32. The van der Waals surface area contributed by atoms with Crippen LogP contribution in [0.25, 0.3) is 27.7 Å². The lowest BCUT2D eigenvalue weighted by atomic mass is 10.0. The topological polar surface area (TPSA) is 86.3 Å². The highest BCUT2D eigenvalue weighted by Gasteiger charge is 2.23. The molecule has 0 fully saturated rings. The molecule has 0 radical (unpaired) electrons. The number of nitrogens with zero attached hydrogens (tertiary/aromatic N) is 5. The Morgan fingerprint density at radius 2 is 1.82 bits per heavy atom. The second-order valence-electron chi connectivity index (χ2n) is 8.85. The number of hydrogen-bond acceptors (Lipinski definition) is 5. The molecule has 0 spiro atoms. The number of amides is 1. The molecule has 8 nitrogen and oxygen atoms in total. The first-order valence-corrected chi connectivity index (χ1v) is 12.1. The number of alkyl halides is 2. The first kappa shape index (κ1) is 24.2. The average molecular weight is 525 g/mol. The molecule has 1 amide bonds. The maximum absolute atomic E-state index is 14.0. The lowest BCUT2D eigenvalue weighted by Gasteiger charge is -2.11. The van der Waals surface area contributed by atoms with Crippen molar-refractivity contribution in [3.63, 3.8) is 0 Å². The Hall–Kier alpha value is -5.12. The molecule has 6 rings (SSSR count). The summed E-state index contributed by atoms with van der Waals surface area (Å²) in [5, 5.41) is 13.5. The van der Waals surface area contributed by atoms with Crippen molar-refractivity contribution in [1.82, 2.24) is 24.4 Å². The Morgan fingerprint density at radius 1 is 1.03 bits per heavy atom. The van der Waals surface area contributed by atoms with Gasteiger partial charge in [0.25, 0.3) is 12.3 Å². The number of rotatable bonds is 7. The zero-order chi connectivity index (χ0) is 26.9. The number of aromatic nitrogens is 5. The van der Waals surface area contributed by atoms with Crippen molar-refractivity contribution < 1.29 is 18.3 Å². The van der Waals surface area contributed by atoms with Crippen LogP contribution in [0.4, 0.5) is 14.6 Å². The number of para-hydroxylation sites is 1. The van der Waals surface area contributed by atoms with Crippen LogP contribution >= 0.6 is 0 Å². The molecule has 3 aromatic carbocycles. The molecular formula is C29H22F2N6O2. The van der Waals surface area contributed by atoms with Crippen molar-refractivity contribution in [2.24, 2.45) is 0 Å². The van der Waals surface area contributed by atoms with Crippen molar-refractivity contribution in [3.8, 4) is 17.0 Å². The second-order valence-corrected chi connectivity index (χ2v) is 8.85. The molecular weight excluding hydrogens is 502 g/mol. The third-order valence-electron chi connectivity index (χ3n) is 6.45. The number of halogens is 2. The lowest BCUT2D eigenvalue weighted by Crippen LogP contribution is -2.13. The van der Waals surface area contributed by atoms with Gasteiger partial charge < -0.3 is 10.1 Å². The van der Waals surface area contributed by atoms with Gasteiger partial charge in [-0.1, -0.05) is 54.6 Å². The Morgan fingerprint density at radius 3 is 2.67 bits per heavy atom. The minimum absolute atomic E-state index is 0.00129. The van der Waals surface area contributed by atoms with E-state index in [9.17, 15) is 13.6 Å². The standard InChI is InChI=1S/C29H22F2N6O2/c1-39-25-12-5-4-11-21(25)23-15-24(27(30)31)37-28(33-23)22(16-32-37)29(38)34-26-13-14-36(35-26)17-19-9-6-8-18-7-2-3-10-20(18)19/h2-16,27H,17H2,1H3,(H,34,35,38). The summed E-state index contributed by atoms with van der Waals surface area (Å²) >= 11 is 0. The fraction of sp³-hybridized carbons (Fsp3) is 0.103. The van der Waals surface area contributed by atoms with E-state index >= 15 is 0 Å². The molecule has 39 heavy (non-hydrogen) atoms. The minimum Gasteiger partial charge on any atom is -0.496 e. The van der Waals surface area contributed by atoms with Crippen LogP contribution in [0.5, 0.6) is 5.75 Å². The highest BCUT2D eigenvalue weighted by molar-refractivity contribution is 6.07. The summed E-state index contributed by atoms with van der Waals surface area (Å²) < 4.78 is 36.0. The van der Waals surface area contributed by atoms with Crippen molar-refractivity contribution in [2.45, 2.75) is 13.0 Å². The van der Waals surface area contributed by atoms with E-state index < -0.39 is 12.3 Å². The molecule has 194 valence electrons. The predicted molar refractivity (Wildman–Crippen MR) is 143 cm³/mol. The van der Waals surface area contributed by atoms with E-state index in [0.29, 0.717) is 23.7 Å². The molecule has 1 N–H and O–H groups in total. The summed E-state index contributed by atoms with van der Waals surface area (Å²) in [4.78, 5) is 17.7. The molecule has 10 heteroatoms. The molecule has 0 saturated carbocycles. The third-order valence-corrected chi connectivity index (χ3v) is 6.45. The molecule has 0 aliphatic rings. The summed E-state index contributed by atoms with van der Waals surface area (Å²) in [6.45, 7) is 0.509. The van der Waals surface area contributed by atoms with E-state index in [1.165, 1.54) is 19.4 Å². The number of benzene rings is 3. The van der Waals surface area contributed by atoms with Gasteiger partial charge in [0.2, 0.25) is 0 Å². The summed E-state index contributed by atoms with van der Waals surface area (Å²) in [5.41, 5.74) is 1.50. The zero-order valence-electron chi connectivity index (χ0n) is 20.8. The molecule has 0 atom stereocenters. The maximum atomic E-state index is 14.0. The van der Waals surface area contributed by atoms with Crippen LogP contribution in [-0.4, -0.2) is 37.4 Å². The van der Waals surface area contributed by atoms with Gasteiger partial charge in [-0.25, -0.2) is 18.3 Å². The molecule has 0 aliphatic heterocycles. The fourth-order valence-electron chi connectivity index (χ4n) is 4.60. The number of nitrogens with one attached hydrogen (secondary N) is 1. The van der Waals surface area contributed by atoms with Gasteiger partial charge in [-0.3, -0.25) is 9.48 Å². The molecule has 0 bridgehead atoms. The van der Waals surface area contributed by atoms with Crippen LogP contribution in [-0.2, 0) is 6.54 Å². The van der Waals surface area contributed by atoms with Crippen LogP contribution in [0.3, 0.4) is 0 Å². The monoisotopic (exact) mass is 524 g/mol. The summed E-state index contributed by atoms with van der Waals surface area (Å²) in [6, 6.07) is 24.0. The van der Waals surface area contributed by atoms with Gasteiger partial charge in [0.05, 0.1) is 25.5 Å². The number of ether oxygens (including phenoxy) is 1. The normalized spacial score (nSPS) is 11.4. The third kappa shape index (κ3) is 4.56. The Bertz CT molecular complexity index is 1820. The SMILES string of the molecule is COc1ccccc1-c1cc(C(F)F)n2ncc(C(=O)Nc3ccn(Cc4cccc5ccccc45)n3)c2n1. The number of fused-ring (bicyclic) bond motifs is 2. The first-order chi connectivity index (χ1) is 19.0. The number of carbonyl (C=O) groups is 1. The van der Waals surface area contributed by atoms with E-state index in [4.69, 9.17) is 4.74 Å². The Labute approximate surface area is 221 Å². The fourth-order valence-corrected chi connectivity index (χ4v) is 4.60. The van der Waals surface area contributed by atoms with E-state index in [-0.39, 0.29) is 22.6 Å². The van der Waals surface area contributed by atoms with Gasteiger partial charge in [0, 0.05) is 17.8 Å². The first-order valence-electron chi connectivity index (χ1n) is 12.1. The summed E-state index contributed by atoms with van der Waals surface area (Å²) in [7, 11) is 1.49.